The van der Waals surface area contributed by atoms with E-state index in [0.29, 0.717) is 28.8 Å². The first kappa shape index (κ1) is 23.0. The van der Waals surface area contributed by atoms with Gasteiger partial charge in [0, 0.05) is 12.1 Å². The van der Waals surface area contributed by atoms with Crippen LogP contribution in [-0.4, -0.2) is 23.3 Å². The van der Waals surface area contributed by atoms with E-state index in [0.717, 1.165) is 22.3 Å². The normalized spacial score (nSPS) is 18.1. The highest BCUT2D eigenvalue weighted by Crippen LogP contribution is 2.52. The molecule has 3 aromatic carbocycles. The minimum Gasteiger partial charge on any atom is -0.450 e. The summed E-state index contributed by atoms with van der Waals surface area (Å²) < 4.78 is 6.13. The number of fused-ring (bicyclic) bond motifs is 5. The largest absolute Gasteiger partial charge is 0.450 e. The lowest BCUT2D eigenvalue weighted by Gasteiger charge is -2.33. The molecule has 0 fully saturated rings. The number of rotatable bonds is 4. The Morgan fingerprint density at radius 1 is 0.946 bits per heavy atom. The Morgan fingerprint density at radius 2 is 1.70 bits per heavy atom. The van der Waals surface area contributed by atoms with Crippen molar-refractivity contribution in [2.75, 3.05) is 11.4 Å². The second kappa shape index (κ2) is 8.03. The summed E-state index contributed by atoms with van der Waals surface area (Å²) in [6.45, 7) is 10.1. The number of aryl methyl sites for hydroxylation is 3. The predicted octanol–water partition coefficient (Wildman–Crippen LogP) is 5.15. The molecule has 0 radical (unpaired) electrons. The van der Waals surface area contributed by atoms with Gasteiger partial charge < -0.3 is 14.2 Å². The van der Waals surface area contributed by atoms with E-state index in [1.165, 1.54) is 4.90 Å². The molecule has 2 amide bonds. The average molecular weight is 491 g/mol. The molecule has 0 saturated heterocycles. The van der Waals surface area contributed by atoms with Crippen LogP contribution in [0.5, 0.6) is 0 Å². The van der Waals surface area contributed by atoms with Gasteiger partial charge in [-0.3, -0.25) is 14.4 Å². The van der Waals surface area contributed by atoms with E-state index >= 15 is 0 Å². The van der Waals surface area contributed by atoms with Gasteiger partial charge in [0.25, 0.3) is 11.8 Å². The highest BCUT2D eigenvalue weighted by molar-refractivity contribution is 6.17. The molecule has 4 aromatic rings. The molecule has 37 heavy (non-hydrogen) atoms. The Kier molecular flexibility index (Phi) is 4.99. The van der Waals surface area contributed by atoms with Crippen LogP contribution in [0.3, 0.4) is 0 Å². The maximum Gasteiger partial charge on any atom is 0.291 e. The summed E-state index contributed by atoms with van der Waals surface area (Å²) in [6.07, 6.45) is 1.57. The molecule has 1 unspecified atom stereocenters. The highest BCUT2D eigenvalue weighted by Gasteiger charge is 2.64. The molecule has 6 rings (SSSR count). The van der Waals surface area contributed by atoms with Gasteiger partial charge in [-0.1, -0.05) is 54.1 Å². The van der Waals surface area contributed by atoms with Gasteiger partial charge in [0.15, 0.2) is 11.0 Å². The number of anilines is 1. The van der Waals surface area contributed by atoms with Crippen molar-refractivity contribution in [1.29, 1.82) is 0 Å². The number of hydrogen-bond donors (Lipinski definition) is 0. The van der Waals surface area contributed by atoms with Crippen LogP contribution < -0.4 is 10.3 Å². The molecular formula is C31H26N2O4. The summed E-state index contributed by atoms with van der Waals surface area (Å²) in [4.78, 5) is 45.7. The van der Waals surface area contributed by atoms with Crippen LogP contribution in [0.25, 0.3) is 11.0 Å². The first-order valence-electron chi connectivity index (χ1n) is 12.3. The topological polar surface area (TPSA) is 70.8 Å². The Balaban J connectivity index is 1.67. The van der Waals surface area contributed by atoms with Crippen LogP contribution in [0.15, 0.2) is 82.5 Å². The molecule has 2 aliphatic rings. The standard InChI is InChI=1S/C31H26N2O4/c1-5-13-33-29(35)28-26(27(34)22-15-19(3)20(4)16-25(22)37-28)31(33)23-11-6-7-12-24(23)32(30(31)36)17-21-10-8-9-18(2)14-21/h5-12,14-16H,1,13,17H2,2-4H3. The summed E-state index contributed by atoms with van der Waals surface area (Å²) in [5, 5.41) is 0.358. The van der Waals surface area contributed by atoms with Gasteiger partial charge in [0.05, 0.1) is 23.2 Å². The number of para-hydroxylation sites is 1. The van der Waals surface area contributed by atoms with E-state index < -0.39 is 11.4 Å². The van der Waals surface area contributed by atoms with E-state index in [2.05, 4.69) is 6.58 Å². The molecule has 1 atom stereocenters. The number of benzene rings is 3. The van der Waals surface area contributed by atoms with Gasteiger partial charge in [-0.25, -0.2) is 0 Å². The van der Waals surface area contributed by atoms with Crippen molar-refractivity contribution in [3.8, 4) is 0 Å². The fourth-order valence-corrected chi connectivity index (χ4v) is 5.78. The highest BCUT2D eigenvalue weighted by atomic mass is 16.3. The maximum absolute atomic E-state index is 14.6. The van der Waals surface area contributed by atoms with Crippen molar-refractivity contribution in [2.45, 2.75) is 32.9 Å². The minimum atomic E-state index is -1.63. The van der Waals surface area contributed by atoms with Crippen molar-refractivity contribution in [2.24, 2.45) is 0 Å². The Hall–Kier alpha value is -4.45. The van der Waals surface area contributed by atoms with Crippen LogP contribution >= 0.6 is 0 Å². The van der Waals surface area contributed by atoms with E-state index in [1.54, 1.807) is 23.1 Å². The average Bonchev–Trinajstić information content (AvgIpc) is 3.26. The number of carbonyl (C=O) groups is 2. The van der Waals surface area contributed by atoms with Gasteiger partial charge in [-0.05, 0) is 55.7 Å². The molecular weight excluding hydrogens is 464 g/mol. The zero-order valence-corrected chi connectivity index (χ0v) is 21.0. The van der Waals surface area contributed by atoms with Crippen molar-refractivity contribution < 1.29 is 14.0 Å². The molecule has 184 valence electrons. The zero-order chi connectivity index (χ0) is 26.1. The molecule has 1 spiro atoms. The Morgan fingerprint density at radius 3 is 2.46 bits per heavy atom. The number of carbonyl (C=O) groups excluding carboxylic acids is 2. The first-order valence-corrected chi connectivity index (χ1v) is 12.3. The summed E-state index contributed by atoms with van der Waals surface area (Å²) in [5.74, 6) is -0.921. The molecule has 0 aliphatic carbocycles. The monoisotopic (exact) mass is 490 g/mol. The van der Waals surface area contributed by atoms with Crippen molar-refractivity contribution >= 4 is 28.5 Å². The van der Waals surface area contributed by atoms with E-state index in [-0.39, 0.29) is 29.2 Å². The Bertz CT molecular complexity index is 1720. The lowest BCUT2D eigenvalue weighted by atomic mass is 9.84. The molecule has 0 N–H and O–H groups in total. The summed E-state index contributed by atoms with van der Waals surface area (Å²) in [7, 11) is 0. The fraction of sp³-hybridized carbons (Fsp3) is 0.194. The quantitative estimate of drug-likeness (QED) is 0.371. The van der Waals surface area contributed by atoms with Crippen LogP contribution in [0.1, 0.15) is 43.9 Å². The Labute approximate surface area is 214 Å². The third-order valence-electron chi connectivity index (χ3n) is 7.59. The van der Waals surface area contributed by atoms with Crippen LogP contribution in [0.4, 0.5) is 5.69 Å². The number of nitrogens with zero attached hydrogens (tertiary/aromatic N) is 2. The number of amides is 2. The van der Waals surface area contributed by atoms with Gasteiger partial charge >= 0.3 is 0 Å². The van der Waals surface area contributed by atoms with Crippen LogP contribution in [-0.2, 0) is 16.9 Å². The smallest absolute Gasteiger partial charge is 0.291 e. The van der Waals surface area contributed by atoms with Gasteiger partial charge in [0.2, 0.25) is 5.76 Å². The van der Waals surface area contributed by atoms with Crippen LogP contribution in [0, 0.1) is 20.8 Å². The van der Waals surface area contributed by atoms with Gasteiger partial charge in [0.1, 0.15) is 5.58 Å². The zero-order valence-electron chi connectivity index (χ0n) is 21.0. The molecule has 3 heterocycles. The lowest BCUT2D eigenvalue weighted by molar-refractivity contribution is -0.126. The van der Waals surface area contributed by atoms with Gasteiger partial charge in [-0.2, -0.15) is 0 Å². The van der Waals surface area contributed by atoms with Gasteiger partial charge in [-0.15, -0.1) is 6.58 Å². The predicted molar refractivity (Wildman–Crippen MR) is 143 cm³/mol. The van der Waals surface area contributed by atoms with Crippen molar-refractivity contribution in [1.82, 2.24) is 4.90 Å². The summed E-state index contributed by atoms with van der Waals surface area (Å²) in [6, 6.07) is 18.9. The summed E-state index contributed by atoms with van der Waals surface area (Å²) in [5.41, 5.74) is 3.61. The second-order valence-corrected chi connectivity index (χ2v) is 9.88. The minimum absolute atomic E-state index is 0.0786. The third-order valence-corrected chi connectivity index (χ3v) is 7.59. The SMILES string of the molecule is C=CCN1C(=O)c2oc3cc(C)c(C)cc3c(=O)c2C12C(=O)N(Cc1cccc(C)c1)c1ccccc12. The summed E-state index contributed by atoms with van der Waals surface area (Å²) >= 11 is 0. The first-order chi connectivity index (χ1) is 17.8. The van der Waals surface area contributed by atoms with E-state index in [1.807, 2.05) is 69.3 Å². The molecule has 2 aliphatic heterocycles. The second-order valence-electron chi connectivity index (χ2n) is 9.88. The fourth-order valence-electron chi connectivity index (χ4n) is 5.78. The van der Waals surface area contributed by atoms with Crippen LogP contribution in [0.2, 0.25) is 0 Å². The lowest BCUT2D eigenvalue weighted by Crippen LogP contribution is -2.53. The molecule has 6 heteroatoms. The third kappa shape index (κ3) is 3.02. The van der Waals surface area contributed by atoms with E-state index in [9.17, 15) is 14.4 Å². The molecule has 0 bridgehead atoms. The van der Waals surface area contributed by atoms with Crippen molar-refractivity contribution in [3.05, 3.63) is 123 Å². The molecule has 0 saturated carbocycles. The van der Waals surface area contributed by atoms with E-state index in [4.69, 9.17) is 4.42 Å². The molecule has 1 aromatic heterocycles. The van der Waals surface area contributed by atoms with Crippen molar-refractivity contribution in [3.63, 3.8) is 0 Å². The molecule has 6 nitrogen and oxygen atoms in total. The maximum atomic E-state index is 14.6. The number of hydrogen-bond acceptors (Lipinski definition) is 4.